The molecule has 0 spiro atoms. The van der Waals surface area contributed by atoms with Gasteiger partial charge < -0.3 is 9.40 Å². The SMILES string of the molecule is [c]1scc(-c2ccc[nH]2)c1-c1ccco1. The van der Waals surface area contributed by atoms with Crippen molar-refractivity contribution in [3.63, 3.8) is 0 Å². The maximum absolute atomic E-state index is 5.38. The number of thiophene rings is 1. The van der Waals surface area contributed by atoms with Crippen LogP contribution in [0, 0.1) is 5.38 Å². The highest BCUT2D eigenvalue weighted by Gasteiger charge is 2.11. The van der Waals surface area contributed by atoms with E-state index < -0.39 is 0 Å². The highest BCUT2D eigenvalue weighted by molar-refractivity contribution is 7.08. The Morgan fingerprint density at radius 1 is 1.27 bits per heavy atom. The van der Waals surface area contributed by atoms with Crippen LogP contribution in [0.1, 0.15) is 0 Å². The van der Waals surface area contributed by atoms with E-state index in [2.05, 4.69) is 15.7 Å². The lowest BCUT2D eigenvalue weighted by Crippen LogP contribution is -1.77. The fourth-order valence-electron chi connectivity index (χ4n) is 1.56. The third kappa shape index (κ3) is 1.41. The first-order valence-electron chi connectivity index (χ1n) is 4.62. The summed E-state index contributed by atoms with van der Waals surface area (Å²) >= 11 is 1.56. The molecule has 3 heteroatoms. The lowest BCUT2D eigenvalue weighted by molar-refractivity contribution is 0.582. The normalized spacial score (nSPS) is 10.7. The van der Waals surface area contributed by atoms with E-state index in [0.717, 1.165) is 22.6 Å². The molecule has 0 atom stereocenters. The Hall–Kier alpha value is -1.74. The molecule has 0 amide bonds. The highest BCUT2D eigenvalue weighted by atomic mass is 32.1. The molecule has 0 saturated carbocycles. The molecule has 3 rings (SSSR count). The molecule has 0 bridgehead atoms. The second kappa shape index (κ2) is 3.44. The molecule has 3 heterocycles. The van der Waals surface area contributed by atoms with Gasteiger partial charge in [-0.25, -0.2) is 0 Å². The van der Waals surface area contributed by atoms with Crippen LogP contribution in [-0.2, 0) is 0 Å². The molecule has 15 heavy (non-hydrogen) atoms. The molecule has 0 aliphatic rings. The zero-order valence-corrected chi connectivity index (χ0v) is 8.67. The van der Waals surface area contributed by atoms with Crippen LogP contribution in [0.25, 0.3) is 22.6 Å². The zero-order valence-electron chi connectivity index (χ0n) is 7.86. The summed E-state index contributed by atoms with van der Waals surface area (Å²) < 4.78 is 5.38. The van der Waals surface area contributed by atoms with E-state index in [0.29, 0.717) is 0 Å². The van der Waals surface area contributed by atoms with Crippen LogP contribution in [0.2, 0.25) is 0 Å². The summed E-state index contributed by atoms with van der Waals surface area (Å²) in [6, 6.07) is 7.87. The largest absolute Gasteiger partial charge is 0.464 e. The van der Waals surface area contributed by atoms with Gasteiger partial charge in [0.25, 0.3) is 0 Å². The lowest BCUT2D eigenvalue weighted by Gasteiger charge is -1.97. The van der Waals surface area contributed by atoms with Gasteiger partial charge in [-0.15, -0.1) is 11.3 Å². The molecule has 73 valence electrons. The molecule has 3 aromatic heterocycles. The van der Waals surface area contributed by atoms with E-state index in [-0.39, 0.29) is 0 Å². The number of nitrogens with one attached hydrogen (secondary N) is 1. The van der Waals surface area contributed by atoms with Crippen molar-refractivity contribution in [2.75, 3.05) is 0 Å². The number of H-pyrrole nitrogens is 1. The third-order valence-corrected chi connectivity index (χ3v) is 2.94. The Morgan fingerprint density at radius 2 is 2.27 bits per heavy atom. The van der Waals surface area contributed by atoms with Crippen molar-refractivity contribution >= 4 is 11.3 Å². The van der Waals surface area contributed by atoms with E-state index in [9.17, 15) is 0 Å². The van der Waals surface area contributed by atoms with Crippen molar-refractivity contribution in [3.8, 4) is 22.6 Å². The Morgan fingerprint density at radius 3 is 3.00 bits per heavy atom. The van der Waals surface area contributed by atoms with E-state index in [1.165, 1.54) is 0 Å². The average molecular weight is 214 g/mol. The minimum Gasteiger partial charge on any atom is -0.464 e. The van der Waals surface area contributed by atoms with Crippen molar-refractivity contribution in [2.24, 2.45) is 0 Å². The summed E-state index contributed by atoms with van der Waals surface area (Å²) in [5.74, 6) is 0.862. The zero-order chi connectivity index (χ0) is 10.1. The minimum absolute atomic E-state index is 0.862. The number of aromatic amines is 1. The van der Waals surface area contributed by atoms with Crippen LogP contribution in [0.4, 0.5) is 0 Å². The van der Waals surface area contributed by atoms with Gasteiger partial charge in [-0.1, -0.05) is 0 Å². The van der Waals surface area contributed by atoms with Crippen LogP contribution < -0.4 is 0 Å². The Balaban J connectivity index is 2.15. The summed E-state index contributed by atoms with van der Waals surface area (Å²) in [6.45, 7) is 0. The van der Waals surface area contributed by atoms with Gasteiger partial charge in [0.05, 0.1) is 11.6 Å². The maximum Gasteiger partial charge on any atom is 0.136 e. The number of rotatable bonds is 2. The van der Waals surface area contributed by atoms with Gasteiger partial charge in [0.1, 0.15) is 5.76 Å². The first-order valence-corrected chi connectivity index (χ1v) is 5.50. The molecule has 1 N–H and O–H groups in total. The van der Waals surface area contributed by atoms with E-state index in [4.69, 9.17) is 4.42 Å². The number of aromatic nitrogens is 1. The Labute approximate surface area is 91.2 Å². The minimum atomic E-state index is 0.862. The summed E-state index contributed by atoms with van der Waals surface area (Å²) in [5.41, 5.74) is 3.26. The second-order valence-electron chi connectivity index (χ2n) is 3.19. The predicted molar refractivity (Wildman–Crippen MR) is 60.6 cm³/mol. The summed E-state index contributed by atoms with van der Waals surface area (Å²) in [5, 5.41) is 5.30. The number of hydrogen-bond donors (Lipinski definition) is 1. The van der Waals surface area contributed by atoms with Gasteiger partial charge in [-0.3, -0.25) is 0 Å². The first-order chi connectivity index (χ1) is 7.45. The smallest absolute Gasteiger partial charge is 0.136 e. The molecule has 0 aromatic carbocycles. The van der Waals surface area contributed by atoms with Gasteiger partial charge >= 0.3 is 0 Å². The molecule has 0 aliphatic carbocycles. The summed E-state index contributed by atoms with van der Waals surface area (Å²) in [7, 11) is 0. The van der Waals surface area contributed by atoms with Crippen molar-refractivity contribution in [2.45, 2.75) is 0 Å². The highest BCUT2D eigenvalue weighted by Crippen LogP contribution is 2.33. The van der Waals surface area contributed by atoms with Gasteiger partial charge in [0.15, 0.2) is 0 Å². The molecular weight excluding hydrogens is 206 g/mol. The standard InChI is InChI=1S/C12H8NOS/c1-3-11(13-5-1)9-7-15-8-10(9)12-4-2-6-14-12/h1-7,13H. The van der Waals surface area contributed by atoms with E-state index in [1.54, 1.807) is 17.6 Å². The van der Waals surface area contributed by atoms with Crippen molar-refractivity contribution in [3.05, 3.63) is 47.5 Å². The van der Waals surface area contributed by atoms with Crippen molar-refractivity contribution in [1.82, 2.24) is 4.98 Å². The molecule has 0 fully saturated rings. The average Bonchev–Trinajstić information content (AvgIpc) is 3.01. The molecular formula is C12H8NOS. The summed E-state index contributed by atoms with van der Waals surface area (Å²) in [6.07, 6.45) is 3.60. The molecule has 0 saturated heterocycles. The van der Waals surface area contributed by atoms with Gasteiger partial charge in [0.2, 0.25) is 0 Å². The number of hydrogen-bond acceptors (Lipinski definition) is 2. The van der Waals surface area contributed by atoms with Crippen LogP contribution in [0.3, 0.4) is 0 Å². The van der Waals surface area contributed by atoms with Crippen molar-refractivity contribution < 1.29 is 4.42 Å². The lowest BCUT2D eigenvalue weighted by atomic mass is 10.1. The van der Waals surface area contributed by atoms with Crippen LogP contribution >= 0.6 is 11.3 Å². The quantitative estimate of drug-likeness (QED) is 0.690. The van der Waals surface area contributed by atoms with Crippen LogP contribution in [0.5, 0.6) is 0 Å². The summed E-state index contributed by atoms with van der Waals surface area (Å²) in [4.78, 5) is 3.19. The third-order valence-electron chi connectivity index (χ3n) is 2.26. The predicted octanol–water partition coefficient (Wildman–Crippen LogP) is 3.80. The Kier molecular flexibility index (Phi) is 1.96. The van der Waals surface area contributed by atoms with Gasteiger partial charge in [0, 0.05) is 28.4 Å². The number of furan rings is 1. The molecule has 3 aromatic rings. The second-order valence-corrected chi connectivity index (χ2v) is 3.86. The monoisotopic (exact) mass is 214 g/mol. The Bertz CT molecular complexity index is 485. The van der Waals surface area contributed by atoms with E-state index in [1.807, 2.05) is 30.5 Å². The van der Waals surface area contributed by atoms with Crippen LogP contribution in [-0.4, -0.2) is 4.98 Å². The fraction of sp³-hybridized carbons (Fsp3) is 0. The topological polar surface area (TPSA) is 28.9 Å². The van der Waals surface area contributed by atoms with Crippen LogP contribution in [0.15, 0.2) is 46.5 Å². The first kappa shape index (κ1) is 8.56. The van der Waals surface area contributed by atoms with Gasteiger partial charge in [-0.05, 0) is 24.3 Å². The van der Waals surface area contributed by atoms with E-state index >= 15 is 0 Å². The maximum atomic E-state index is 5.38. The molecule has 0 aliphatic heterocycles. The van der Waals surface area contributed by atoms with Gasteiger partial charge in [-0.2, -0.15) is 0 Å². The molecule has 0 unspecified atom stereocenters. The molecule has 1 radical (unpaired) electrons. The molecule has 2 nitrogen and oxygen atoms in total. The van der Waals surface area contributed by atoms with Crippen molar-refractivity contribution in [1.29, 1.82) is 0 Å². The fourth-order valence-corrected chi connectivity index (χ4v) is 2.31.